The van der Waals surface area contributed by atoms with Crippen LogP contribution in [0.3, 0.4) is 0 Å². The third-order valence-electron chi connectivity index (χ3n) is 2.80. The van der Waals surface area contributed by atoms with Crippen LogP contribution in [-0.4, -0.2) is 23.3 Å². The molecule has 1 atom stereocenters. The van der Waals surface area contributed by atoms with Crippen molar-refractivity contribution in [3.8, 4) is 11.5 Å². The van der Waals surface area contributed by atoms with Crippen LogP contribution in [0.1, 0.15) is 12.0 Å². The smallest absolute Gasteiger partial charge is 0.240 e. The van der Waals surface area contributed by atoms with Crippen LogP contribution < -0.4 is 10.2 Å². The number of phenols is 1. The number of nitrogens with one attached hydrogen (secondary N) is 1. The lowest BCUT2D eigenvalue weighted by Crippen LogP contribution is -2.39. The highest BCUT2D eigenvalue weighted by Crippen LogP contribution is 2.32. The normalized spacial score (nSPS) is 22.4. The molecule has 2 N–H and O–H groups in total. The van der Waals surface area contributed by atoms with Crippen molar-refractivity contribution in [2.24, 2.45) is 11.0 Å². The molecule has 0 aromatic heterocycles. The first kappa shape index (κ1) is 9.21. The summed E-state index contributed by atoms with van der Waals surface area (Å²) in [5.74, 6) is 0.760. The van der Waals surface area contributed by atoms with Crippen molar-refractivity contribution in [3.05, 3.63) is 23.8 Å². The van der Waals surface area contributed by atoms with Crippen molar-refractivity contribution in [2.75, 3.05) is 6.61 Å². The predicted molar refractivity (Wildman–Crippen MR) is 56.4 cm³/mol. The Labute approximate surface area is 91.7 Å². The minimum absolute atomic E-state index is 0.0111. The summed E-state index contributed by atoms with van der Waals surface area (Å²) in [6.07, 6.45) is 0.383. The average molecular weight is 218 g/mol. The van der Waals surface area contributed by atoms with Gasteiger partial charge in [0, 0.05) is 17.9 Å². The molecule has 0 saturated heterocycles. The molecule has 5 heteroatoms. The maximum absolute atomic E-state index is 11.2. The van der Waals surface area contributed by atoms with Crippen molar-refractivity contribution >= 4 is 11.6 Å². The Hall–Kier alpha value is -2.04. The van der Waals surface area contributed by atoms with Gasteiger partial charge < -0.3 is 9.84 Å². The van der Waals surface area contributed by atoms with E-state index in [1.54, 1.807) is 18.2 Å². The number of hydrogen-bond donors (Lipinski definition) is 2. The van der Waals surface area contributed by atoms with Gasteiger partial charge in [-0.05, 0) is 18.2 Å². The average Bonchev–Trinajstić information content (AvgIpc) is 2.28. The minimum atomic E-state index is -0.0963. The molecule has 82 valence electrons. The second-order valence-corrected chi connectivity index (χ2v) is 3.92. The van der Waals surface area contributed by atoms with Crippen LogP contribution in [0.15, 0.2) is 23.3 Å². The molecular weight excluding hydrogens is 208 g/mol. The van der Waals surface area contributed by atoms with Gasteiger partial charge in [-0.1, -0.05) is 0 Å². The second-order valence-electron chi connectivity index (χ2n) is 3.92. The molecule has 3 rings (SSSR count). The molecule has 16 heavy (non-hydrogen) atoms. The van der Waals surface area contributed by atoms with Gasteiger partial charge >= 0.3 is 0 Å². The largest absolute Gasteiger partial charge is 0.508 e. The molecule has 0 fully saturated rings. The molecule has 0 aliphatic carbocycles. The van der Waals surface area contributed by atoms with Crippen molar-refractivity contribution in [1.29, 1.82) is 0 Å². The lowest BCUT2D eigenvalue weighted by atomic mass is 9.90. The van der Waals surface area contributed by atoms with Gasteiger partial charge in [-0.3, -0.25) is 4.79 Å². The van der Waals surface area contributed by atoms with Crippen molar-refractivity contribution in [1.82, 2.24) is 5.43 Å². The van der Waals surface area contributed by atoms with E-state index in [0.29, 0.717) is 18.8 Å². The quantitative estimate of drug-likeness (QED) is 0.670. The molecule has 2 aliphatic rings. The summed E-state index contributed by atoms with van der Waals surface area (Å²) in [5, 5.41) is 13.5. The first-order valence-electron chi connectivity index (χ1n) is 5.06. The van der Waals surface area contributed by atoms with E-state index in [1.165, 1.54) is 0 Å². The summed E-state index contributed by atoms with van der Waals surface area (Å²) in [7, 11) is 0. The monoisotopic (exact) mass is 218 g/mol. The highest BCUT2D eigenvalue weighted by atomic mass is 16.5. The van der Waals surface area contributed by atoms with Crippen molar-refractivity contribution < 1.29 is 14.6 Å². The number of hydrogen-bond acceptors (Lipinski definition) is 4. The van der Waals surface area contributed by atoms with Crippen LogP contribution in [-0.2, 0) is 4.79 Å². The van der Waals surface area contributed by atoms with Crippen LogP contribution in [0.25, 0.3) is 0 Å². The predicted octanol–water partition coefficient (Wildman–Crippen LogP) is 0.625. The SMILES string of the molecule is O=C1CC2COc3ccc(O)cc3C2=NN1. The molecule has 0 saturated carbocycles. The standard InChI is InChI=1S/C11H10N2O3/c14-7-1-2-9-8(4-7)11-6(5-16-9)3-10(15)12-13-11/h1-2,4,6,14H,3,5H2,(H,12,15). The maximum atomic E-state index is 11.2. The van der Waals surface area contributed by atoms with Gasteiger partial charge in [0.2, 0.25) is 5.91 Å². The Morgan fingerprint density at radius 3 is 3.25 bits per heavy atom. The molecule has 0 radical (unpaired) electrons. The summed E-state index contributed by atoms with van der Waals surface area (Å²) in [6, 6.07) is 4.89. The van der Waals surface area contributed by atoms with E-state index >= 15 is 0 Å². The summed E-state index contributed by atoms with van der Waals surface area (Å²) < 4.78 is 5.52. The van der Waals surface area contributed by atoms with Gasteiger partial charge in [-0.15, -0.1) is 0 Å². The number of ether oxygens (including phenoxy) is 1. The number of aromatic hydroxyl groups is 1. The van der Waals surface area contributed by atoms with Gasteiger partial charge in [-0.25, -0.2) is 5.43 Å². The first-order chi connectivity index (χ1) is 7.74. The van der Waals surface area contributed by atoms with E-state index in [2.05, 4.69) is 10.5 Å². The highest BCUT2D eigenvalue weighted by molar-refractivity contribution is 6.08. The Bertz CT molecular complexity index is 496. The van der Waals surface area contributed by atoms with Crippen molar-refractivity contribution in [3.63, 3.8) is 0 Å². The zero-order chi connectivity index (χ0) is 11.1. The van der Waals surface area contributed by atoms with E-state index in [4.69, 9.17) is 4.74 Å². The first-order valence-corrected chi connectivity index (χ1v) is 5.06. The fraction of sp³-hybridized carbons (Fsp3) is 0.273. The Kier molecular flexibility index (Phi) is 1.86. The van der Waals surface area contributed by atoms with Crippen LogP contribution >= 0.6 is 0 Å². The van der Waals surface area contributed by atoms with Gasteiger partial charge in [0.15, 0.2) is 0 Å². The highest BCUT2D eigenvalue weighted by Gasteiger charge is 2.31. The minimum Gasteiger partial charge on any atom is -0.508 e. The zero-order valence-electron chi connectivity index (χ0n) is 8.43. The number of hydrazone groups is 1. The van der Waals surface area contributed by atoms with Crippen molar-refractivity contribution in [2.45, 2.75) is 6.42 Å². The number of benzene rings is 1. The molecular formula is C11H10N2O3. The van der Waals surface area contributed by atoms with Crippen LogP contribution in [0.4, 0.5) is 0 Å². The zero-order valence-corrected chi connectivity index (χ0v) is 8.43. The topological polar surface area (TPSA) is 70.9 Å². The fourth-order valence-electron chi connectivity index (χ4n) is 2.03. The molecule has 2 heterocycles. The molecule has 0 spiro atoms. The molecule has 1 unspecified atom stereocenters. The lowest BCUT2D eigenvalue weighted by Gasteiger charge is -2.29. The summed E-state index contributed by atoms with van der Waals surface area (Å²) >= 11 is 0. The molecule has 1 amide bonds. The summed E-state index contributed by atoms with van der Waals surface area (Å²) in [6.45, 7) is 0.462. The van der Waals surface area contributed by atoms with Gasteiger partial charge in [0.05, 0.1) is 12.3 Å². The van der Waals surface area contributed by atoms with Gasteiger partial charge in [-0.2, -0.15) is 5.10 Å². The van der Waals surface area contributed by atoms with E-state index in [1.807, 2.05) is 0 Å². The molecule has 1 aromatic carbocycles. The number of carbonyl (C=O) groups is 1. The summed E-state index contributed by atoms with van der Waals surface area (Å²) in [5.41, 5.74) is 4.00. The lowest BCUT2D eigenvalue weighted by molar-refractivity contribution is -0.122. The number of fused-ring (bicyclic) bond motifs is 3. The number of nitrogens with zero attached hydrogens (tertiary/aromatic N) is 1. The van der Waals surface area contributed by atoms with Gasteiger partial charge in [0.1, 0.15) is 11.5 Å². The summed E-state index contributed by atoms with van der Waals surface area (Å²) in [4.78, 5) is 11.2. The van der Waals surface area contributed by atoms with E-state index in [9.17, 15) is 9.90 Å². The molecule has 0 bridgehead atoms. The third-order valence-corrected chi connectivity index (χ3v) is 2.80. The van der Waals surface area contributed by atoms with Crippen LogP contribution in [0.2, 0.25) is 0 Å². The van der Waals surface area contributed by atoms with Gasteiger partial charge in [0.25, 0.3) is 0 Å². The molecule has 5 nitrogen and oxygen atoms in total. The van der Waals surface area contributed by atoms with E-state index in [0.717, 1.165) is 11.3 Å². The Morgan fingerprint density at radius 1 is 1.50 bits per heavy atom. The third kappa shape index (κ3) is 1.32. The Balaban J connectivity index is 2.11. The van der Waals surface area contributed by atoms with Crippen LogP contribution in [0, 0.1) is 5.92 Å². The number of amides is 1. The van der Waals surface area contributed by atoms with E-state index in [-0.39, 0.29) is 17.6 Å². The Morgan fingerprint density at radius 2 is 2.38 bits per heavy atom. The maximum Gasteiger partial charge on any atom is 0.240 e. The second kappa shape index (κ2) is 3.23. The molecule has 2 aliphatic heterocycles. The number of rotatable bonds is 0. The molecule has 1 aromatic rings. The number of phenolic OH excluding ortho intramolecular Hbond substituents is 1. The van der Waals surface area contributed by atoms with E-state index < -0.39 is 0 Å². The number of carbonyl (C=O) groups excluding carboxylic acids is 1. The van der Waals surface area contributed by atoms with Crippen LogP contribution in [0.5, 0.6) is 11.5 Å². The fourth-order valence-corrected chi connectivity index (χ4v) is 2.03.